The van der Waals surface area contributed by atoms with Crippen molar-refractivity contribution >= 4 is 17.9 Å². The molecule has 2 saturated carbocycles. The highest BCUT2D eigenvalue weighted by Gasteiger charge is 2.36. The zero-order chi connectivity index (χ0) is 18.8. The largest absolute Gasteiger partial charge is 0.481 e. The second kappa shape index (κ2) is 11.1. The summed E-state index contributed by atoms with van der Waals surface area (Å²) in [4.78, 5) is 32.5. The molecule has 0 saturated heterocycles. The Morgan fingerprint density at radius 3 is 1.68 bits per heavy atom. The van der Waals surface area contributed by atoms with Crippen molar-refractivity contribution in [2.24, 2.45) is 23.7 Å². The molecule has 0 aromatic rings. The van der Waals surface area contributed by atoms with Crippen molar-refractivity contribution in [2.45, 2.75) is 52.4 Å². The number of carboxylic acids is 1. The van der Waals surface area contributed by atoms with Crippen LogP contribution >= 0.6 is 0 Å². The number of esters is 2. The first-order valence-corrected chi connectivity index (χ1v) is 9.07. The summed E-state index contributed by atoms with van der Waals surface area (Å²) >= 11 is 0. The molecule has 7 nitrogen and oxygen atoms in total. The number of hydrogen-bond acceptors (Lipinski definition) is 6. The Bertz CT molecular complexity index is 437. The van der Waals surface area contributed by atoms with Gasteiger partial charge in [-0.3, -0.25) is 14.4 Å². The summed E-state index contributed by atoms with van der Waals surface area (Å²) in [6.07, 6.45) is 4.15. The maximum Gasteiger partial charge on any atom is 0.308 e. The summed E-state index contributed by atoms with van der Waals surface area (Å²) in [5.41, 5.74) is 0. The Labute approximate surface area is 148 Å². The Balaban J connectivity index is 0.000000251. The van der Waals surface area contributed by atoms with Crippen LogP contribution in [0, 0.1) is 23.7 Å². The maximum atomic E-state index is 11.1. The van der Waals surface area contributed by atoms with Crippen molar-refractivity contribution in [1.29, 1.82) is 0 Å². The van der Waals surface area contributed by atoms with Crippen molar-refractivity contribution in [3.05, 3.63) is 0 Å². The monoisotopic (exact) mass is 358 g/mol. The van der Waals surface area contributed by atoms with Gasteiger partial charge in [-0.2, -0.15) is 0 Å². The highest BCUT2D eigenvalue weighted by atomic mass is 16.5. The molecule has 2 rings (SSSR count). The van der Waals surface area contributed by atoms with E-state index in [4.69, 9.17) is 19.7 Å². The SMILES string of the molecule is CCOC(=O)C1CC(CC(=O)O)C1.CCOC(=O)C1CC(CCO)C1. The Morgan fingerprint density at radius 2 is 1.32 bits per heavy atom. The lowest BCUT2D eigenvalue weighted by Crippen LogP contribution is -2.33. The summed E-state index contributed by atoms with van der Waals surface area (Å²) in [6.45, 7) is 4.70. The molecule has 2 aliphatic carbocycles. The molecule has 2 N–H and O–H groups in total. The summed E-state index contributed by atoms with van der Waals surface area (Å²) in [7, 11) is 0. The number of rotatable bonds is 8. The van der Waals surface area contributed by atoms with Gasteiger partial charge in [0.15, 0.2) is 0 Å². The van der Waals surface area contributed by atoms with E-state index < -0.39 is 5.97 Å². The number of carboxylic acid groups (broad SMARTS) is 1. The minimum atomic E-state index is -0.785. The van der Waals surface area contributed by atoms with E-state index >= 15 is 0 Å². The number of carbonyl (C=O) groups is 3. The average Bonchev–Trinajstić information content (AvgIpc) is 2.46. The van der Waals surface area contributed by atoms with E-state index in [9.17, 15) is 14.4 Å². The van der Waals surface area contributed by atoms with Gasteiger partial charge in [0.2, 0.25) is 0 Å². The summed E-state index contributed by atoms with van der Waals surface area (Å²) < 4.78 is 9.68. The number of ether oxygens (including phenoxy) is 2. The van der Waals surface area contributed by atoms with Crippen molar-refractivity contribution < 1.29 is 34.1 Å². The fraction of sp³-hybridized carbons (Fsp3) is 0.833. The number of hydrogen-bond donors (Lipinski definition) is 2. The van der Waals surface area contributed by atoms with E-state index in [0.29, 0.717) is 32.0 Å². The van der Waals surface area contributed by atoms with Gasteiger partial charge in [0.05, 0.1) is 25.0 Å². The molecule has 0 aromatic carbocycles. The first kappa shape index (κ1) is 21.4. The third-order valence-corrected chi connectivity index (χ3v) is 4.71. The zero-order valence-electron chi connectivity index (χ0n) is 15.1. The molecule has 0 spiro atoms. The quantitative estimate of drug-likeness (QED) is 0.639. The van der Waals surface area contributed by atoms with E-state index in [0.717, 1.165) is 19.3 Å². The molecule has 0 aliphatic heterocycles. The average molecular weight is 358 g/mol. The number of aliphatic hydroxyl groups is 1. The Morgan fingerprint density at radius 1 is 0.880 bits per heavy atom. The molecule has 0 radical (unpaired) electrons. The van der Waals surface area contributed by atoms with Crippen LogP contribution in [0.25, 0.3) is 0 Å². The summed E-state index contributed by atoms with van der Waals surface area (Å²) in [6, 6.07) is 0. The van der Waals surface area contributed by atoms with Gasteiger partial charge in [-0.15, -0.1) is 0 Å². The fourth-order valence-electron chi connectivity index (χ4n) is 3.21. The van der Waals surface area contributed by atoms with Gasteiger partial charge in [-0.1, -0.05) is 0 Å². The normalized spacial score (nSPS) is 27.0. The standard InChI is InChI=1S/C9H14O4.C9H16O3/c1-2-13-9(12)7-3-6(4-7)5-8(10)11;1-2-12-9(11)8-5-7(6-8)3-4-10/h6-7H,2-5H2,1H3,(H,10,11);7-8,10H,2-6H2,1H3. The van der Waals surface area contributed by atoms with Crippen molar-refractivity contribution in [2.75, 3.05) is 19.8 Å². The molecule has 0 aromatic heterocycles. The van der Waals surface area contributed by atoms with Crippen LogP contribution in [0.2, 0.25) is 0 Å². The van der Waals surface area contributed by atoms with Gasteiger partial charge in [-0.25, -0.2) is 0 Å². The maximum absolute atomic E-state index is 11.1. The van der Waals surface area contributed by atoms with Crippen LogP contribution in [0.5, 0.6) is 0 Å². The van der Waals surface area contributed by atoms with Crippen LogP contribution in [0.1, 0.15) is 52.4 Å². The lowest BCUT2D eigenvalue weighted by atomic mass is 9.73. The minimum Gasteiger partial charge on any atom is -0.481 e. The first-order chi connectivity index (χ1) is 11.9. The molecule has 2 aliphatic rings. The molecule has 144 valence electrons. The van der Waals surface area contributed by atoms with E-state index in [2.05, 4.69) is 0 Å². The van der Waals surface area contributed by atoms with E-state index in [1.54, 1.807) is 6.92 Å². The molecule has 0 unspecified atom stereocenters. The van der Waals surface area contributed by atoms with Gasteiger partial charge in [-0.05, 0) is 57.8 Å². The van der Waals surface area contributed by atoms with Crippen LogP contribution < -0.4 is 0 Å². The molecule has 0 atom stereocenters. The van der Waals surface area contributed by atoms with Gasteiger partial charge in [0.1, 0.15) is 0 Å². The van der Waals surface area contributed by atoms with Gasteiger partial charge >= 0.3 is 17.9 Å². The molecule has 2 fully saturated rings. The molecule has 25 heavy (non-hydrogen) atoms. The molecule has 0 amide bonds. The zero-order valence-corrected chi connectivity index (χ0v) is 15.1. The van der Waals surface area contributed by atoms with Gasteiger partial charge < -0.3 is 19.7 Å². The number of aliphatic carboxylic acids is 1. The van der Waals surface area contributed by atoms with Crippen LogP contribution in [0.4, 0.5) is 0 Å². The topological polar surface area (TPSA) is 110 Å². The molecule has 0 bridgehead atoms. The predicted molar refractivity (Wildman–Crippen MR) is 89.6 cm³/mol. The van der Waals surface area contributed by atoms with E-state index in [1.165, 1.54) is 0 Å². The summed E-state index contributed by atoms with van der Waals surface area (Å²) in [5, 5.41) is 17.1. The minimum absolute atomic E-state index is 0.0516. The fourth-order valence-corrected chi connectivity index (χ4v) is 3.21. The highest BCUT2D eigenvalue weighted by molar-refractivity contribution is 5.74. The molecular formula is C18H30O7. The second-order valence-corrected chi connectivity index (χ2v) is 6.68. The molecular weight excluding hydrogens is 328 g/mol. The third kappa shape index (κ3) is 7.42. The van der Waals surface area contributed by atoms with E-state index in [1.807, 2.05) is 6.92 Å². The van der Waals surface area contributed by atoms with Crippen molar-refractivity contribution in [1.82, 2.24) is 0 Å². The van der Waals surface area contributed by atoms with Crippen LogP contribution in [-0.2, 0) is 23.9 Å². The molecule has 0 heterocycles. The lowest BCUT2D eigenvalue weighted by molar-refractivity contribution is -0.154. The molecule has 7 heteroatoms. The summed E-state index contributed by atoms with van der Waals surface area (Å²) in [5.74, 6) is -0.245. The second-order valence-electron chi connectivity index (χ2n) is 6.68. The Kier molecular flexibility index (Phi) is 9.49. The predicted octanol–water partition coefficient (Wildman–Crippen LogP) is 2.01. The smallest absolute Gasteiger partial charge is 0.308 e. The van der Waals surface area contributed by atoms with Gasteiger partial charge in [0, 0.05) is 13.0 Å². The number of aliphatic hydroxyl groups excluding tert-OH is 1. The Hall–Kier alpha value is -1.63. The van der Waals surface area contributed by atoms with Crippen LogP contribution in [-0.4, -0.2) is 47.9 Å². The number of carbonyl (C=O) groups excluding carboxylic acids is 2. The van der Waals surface area contributed by atoms with Crippen molar-refractivity contribution in [3.63, 3.8) is 0 Å². The van der Waals surface area contributed by atoms with Crippen LogP contribution in [0.15, 0.2) is 0 Å². The van der Waals surface area contributed by atoms with E-state index in [-0.39, 0.29) is 42.7 Å². The first-order valence-electron chi connectivity index (χ1n) is 9.07. The lowest BCUT2D eigenvalue weighted by Gasteiger charge is -2.32. The van der Waals surface area contributed by atoms with Gasteiger partial charge in [0.25, 0.3) is 0 Å². The highest BCUT2D eigenvalue weighted by Crippen LogP contribution is 2.37. The van der Waals surface area contributed by atoms with Crippen molar-refractivity contribution in [3.8, 4) is 0 Å². The van der Waals surface area contributed by atoms with Crippen LogP contribution in [0.3, 0.4) is 0 Å². The third-order valence-electron chi connectivity index (χ3n) is 4.71.